The highest BCUT2D eigenvalue weighted by Crippen LogP contribution is 2.26. The predicted octanol–water partition coefficient (Wildman–Crippen LogP) is 3.88. The number of aryl methyl sites for hydroxylation is 1. The molecule has 0 radical (unpaired) electrons. The molecular weight excluding hydrogens is 282 g/mol. The highest BCUT2D eigenvalue weighted by molar-refractivity contribution is 7.10. The summed E-state index contributed by atoms with van der Waals surface area (Å²) in [6, 6.07) is 10.0. The van der Waals surface area contributed by atoms with Gasteiger partial charge in [-0.1, -0.05) is 19.1 Å². The molecule has 0 saturated heterocycles. The molecule has 0 spiro atoms. The number of ether oxygens (including phenoxy) is 2. The molecule has 4 heteroatoms. The van der Waals surface area contributed by atoms with E-state index in [1.54, 1.807) is 0 Å². The fourth-order valence-corrected chi connectivity index (χ4v) is 3.06. The minimum Gasteiger partial charge on any atom is -0.490 e. The van der Waals surface area contributed by atoms with Crippen molar-refractivity contribution in [3.8, 4) is 11.5 Å². The molecule has 21 heavy (non-hydrogen) atoms. The molecule has 0 aliphatic carbocycles. The van der Waals surface area contributed by atoms with Crippen LogP contribution in [0.2, 0.25) is 0 Å². The summed E-state index contributed by atoms with van der Waals surface area (Å²) in [7, 11) is 0. The van der Waals surface area contributed by atoms with Crippen molar-refractivity contribution >= 4 is 11.3 Å². The van der Waals surface area contributed by atoms with Gasteiger partial charge in [-0.2, -0.15) is 0 Å². The summed E-state index contributed by atoms with van der Waals surface area (Å²) >= 11 is 1.81. The Hall–Kier alpha value is -1.52. The Kier molecular flexibility index (Phi) is 6.57. The monoisotopic (exact) mass is 305 g/mol. The molecule has 2 rings (SSSR count). The average molecular weight is 305 g/mol. The van der Waals surface area contributed by atoms with Gasteiger partial charge in [0.25, 0.3) is 0 Å². The molecule has 0 atom stereocenters. The maximum Gasteiger partial charge on any atom is 0.161 e. The summed E-state index contributed by atoms with van der Waals surface area (Å²) in [6.07, 6.45) is 1.10. The normalized spacial score (nSPS) is 10.6. The summed E-state index contributed by atoms with van der Waals surface area (Å²) in [5.74, 6) is 1.62. The predicted molar refractivity (Wildman–Crippen MR) is 88.5 cm³/mol. The molecule has 114 valence electrons. The maximum absolute atomic E-state index is 5.78. The van der Waals surface area contributed by atoms with E-state index in [-0.39, 0.29) is 0 Å². The Bertz CT molecular complexity index is 539. The van der Waals surface area contributed by atoms with Gasteiger partial charge in [0.1, 0.15) is 6.61 Å². The molecule has 1 aromatic carbocycles. The molecule has 0 fully saturated rings. The van der Waals surface area contributed by atoms with Crippen molar-refractivity contribution in [1.29, 1.82) is 0 Å². The van der Waals surface area contributed by atoms with Crippen molar-refractivity contribution in [2.75, 3.05) is 19.8 Å². The summed E-state index contributed by atoms with van der Waals surface area (Å²) in [4.78, 5) is 1.42. The van der Waals surface area contributed by atoms with E-state index >= 15 is 0 Å². The minimum atomic E-state index is 0.636. The van der Waals surface area contributed by atoms with Gasteiger partial charge in [0.15, 0.2) is 11.5 Å². The van der Waals surface area contributed by atoms with Crippen molar-refractivity contribution in [2.45, 2.75) is 26.8 Å². The Morgan fingerprint density at radius 1 is 1.05 bits per heavy atom. The first-order valence-electron chi connectivity index (χ1n) is 7.45. The molecule has 0 amide bonds. The van der Waals surface area contributed by atoms with Crippen LogP contribution < -0.4 is 14.8 Å². The third-order valence-electron chi connectivity index (χ3n) is 3.19. The van der Waals surface area contributed by atoms with Crippen molar-refractivity contribution in [1.82, 2.24) is 5.32 Å². The summed E-state index contributed by atoms with van der Waals surface area (Å²) in [5.41, 5.74) is 1.44. The smallest absolute Gasteiger partial charge is 0.161 e. The highest BCUT2D eigenvalue weighted by Gasteiger charge is 2.04. The molecule has 1 aromatic heterocycles. The van der Waals surface area contributed by atoms with Crippen LogP contribution >= 0.6 is 11.3 Å². The van der Waals surface area contributed by atoms with Gasteiger partial charge in [0.2, 0.25) is 0 Å². The Balaban J connectivity index is 1.73. The van der Waals surface area contributed by atoms with Crippen LogP contribution in [0.25, 0.3) is 0 Å². The van der Waals surface area contributed by atoms with E-state index in [2.05, 4.69) is 23.7 Å². The molecule has 0 aliphatic heterocycles. The van der Waals surface area contributed by atoms with Gasteiger partial charge in [0.05, 0.1) is 6.61 Å². The van der Waals surface area contributed by atoms with Gasteiger partial charge in [-0.3, -0.25) is 0 Å². The van der Waals surface area contributed by atoms with Crippen LogP contribution in [-0.4, -0.2) is 19.8 Å². The average Bonchev–Trinajstić information content (AvgIpc) is 2.96. The summed E-state index contributed by atoms with van der Waals surface area (Å²) in [6.45, 7) is 7.19. The summed E-state index contributed by atoms with van der Waals surface area (Å²) < 4.78 is 11.3. The van der Waals surface area contributed by atoms with Crippen LogP contribution in [0.3, 0.4) is 0 Å². The fourth-order valence-electron chi connectivity index (χ4n) is 2.12. The van der Waals surface area contributed by atoms with Crippen molar-refractivity contribution in [2.24, 2.45) is 0 Å². The third-order valence-corrected chi connectivity index (χ3v) is 4.15. The number of para-hydroxylation sites is 2. The first-order chi connectivity index (χ1) is 10.3. The zero-order chi connectivity index (χ0) is 14.9. The van der Waals surface area contributed by atoms with E-state index < -0.39 is 0 Å². The van der Waals surface area contributed by atoms with E-state index in [9.17, 15) is 0 Å². The molecule has 1 heterocycles. The second-order valence-corrected chi connectivity index (χ2v) is 5.63. The third kappa shape index (κ3) is 4.76. The lowest BCUT2D eigenvalue weighted by Gasteiger charge is -2.12. The molecule has 1 N–H and O–H groups in total. The van der Waals surface area contributed by atoms with Crippen molar-refractivity contribution in [3.63, 3.8) is 0 Å². The van der Waals surface area contributed by atoms with Gasteiger partial charge >= 0.3 is 0 Å². The number of rotatable bonds is 9. The van der Waals surface area contributed by atoms with Crippen LogP contribution in [0.5, 0.6) is 11.5 Å². The van der Waals surface area contributed by atoms with E-state index in [0.717, 1.165) is 31.0 Å². The maximum atomic E-state index is 5.78. The quantitative estimate of drug-likeness (QED) is 0.713. The van der Waals surface area contributed by atoms with Gasteiger partial charge in [-0.15, -0.1) is 11.3 Å². The molecule has 2 aromatic rings. The number of thiophene rings is 1. The van der Waals surface area contributed by atoms with E-state index in [4.69, 9.17) is 9.47 Å². The Labute approximate surface area is 130 Å². The Morgan fingerprint density at radius 2 is 1.81 bits per heavy atom. The van der Waals surface area contributed by atoms with E-state index in [0.29, 0.717) is 13.2 Å². The fraction of sp³-hybridized carbons (Fsp3) is 0.412. The molecule has 0 unspecified atom stereocenters. The topological polar surface area (TPSA) is 30.5 Å². The van der Waals surface area contributed by atoms with Gasteiger partial charge in [-0.25, -0.2) is 0 Å². The summed E-state index contributed by atoms with van der Waals surface area (Å²) in [5, 5.41) is 5.59. The second kappa shape index (κ2) is 8.70. The van der Waals surface area contributed by atoms with Crippen LogP contribution in [0.1, 0.15) is 24.3 Å². The van der Waals surface area contributed by atoms with E-state index in [1.807, 2.05) is 42.5 Å². The van der Waals surface area contributed by atoms with Gasteiger partial charge in [0, 0.05) is 18.0 Å². The first kappa shape index (κ1) is 15.9. The van der Waals surface area contributed by atoms with Crippen LogP contribution in [0, 0.1) is 0 Å². The first-order valence-corrected chi connectivity index (χ1v) is 8.33. The van der Waals surface area contributed by atoms with Crippen LogP contribution in [0.4, 0.5) is 0 Å². The number of nitrogens with one attached hydrogen (secondary N) is 1. The molecule has 0 saturated carbocycles. The van der Waals surface area contributed by atoms with Gasteiger partial charge < -0.3 is 14.8 Å². The Morgan fingerprint density at radius 3 is 2.52 bits per heavy atom. The highest BCUT2D eigenvalue weighted by atomic mass is 32.1. The standard InChI is InChI=1S/C17H23NO2S/c1-3-14-9-12-21-17(14)13-18-10-11-20-16-8-6-5-7-15(16)19-4-2/h5-9,12,18H,3-4,10-11,13H2,1-2H3. The lowest BCUT2D eigenvalue weighted by Crippen LogP contribution is -2.20. The lowest BCUT2D eigenvalue weighted by molar-refractivity contribution is 0.275. The van der Waals surface area contributed by atoms with E-state index in [1.165, 1.54) is 10.4 Å². The van der Waals surface area contributed by atoms with Crippen molar-refractivity contribution in [3.05, 3.63) is 46.2 Å². The largest absolute Gasteiger partial charge is 0.490 e. The molecule has 3 nitrogen and oxygen atoms in total. The zero-order valence-corrected chi connectivity index (χ0v) is 13.5. The number of benzene rings is 1. The second-order valence-electron chi connectivity index (χ2n) is 4.63. The zero-order valence-electron chi connectivity index (χ0n) is 12.7. The van der Waals surface area contributed by atoms with Crippen LogP contribution in [0.15, 0.2) is 35.7 Å². The SMILES string of the molecule is CCOc1ccccc1OCCNCc1sccc1CC. The van der Waals surface area contributed by atoms with Gasteiger partial charge in [-0.05, 0) is 42.5 Å². The number of hydrogen-bond donors (Lipinski definition) is 1. The number of hydrogen-bond acceptors (Lipinski definition) is 4. The van der Waals surface area contributed by atoms with Crippen LogP contribution in [-0.2, 0) is 13.0 Å². The lowest BCUT2D eigenvalue weighted by atomic mass is 10.2. The van der Waals surface area contributed by atoms with Crippen molar-refractivity contribution < 1.29 is 9.47 Å². The molecule has 0 bridgehead atoms. The minimum absolute atomic E-state index is 0.636. The molecule has 0 aliphatic rings. The molecular formula is C17H23NO2S.